The van der Waals surface area contributed by atoms with Gasteiger partial charge in [-0.15, -0.1) is 0 Å². The van der Waals surface area contributed by atoms with Gasteiger partial charge in [-0.3, -0.25) is 0 Å². The van der Waals surface area contributed by atoms with Crippen molar-refractivity contribution in [1.82, 2.24) is 0 Å². The van der Waals surface area contributed by atoms with Gasteiger partial charge in [-0.1, -0.05) is 43.7 Å². The van der Waals surface area contributed by atoms with E-state index >= 15 is 0 Å². The zero-order valence-corrected chi connectivity index (χ0v) is 12.7. The average molecular weight is 306 g/mol. The maximum absolute atomic E-state index is 9.77. The van der Waals surface area contributed by atoms with Crippen molar-refractivity contribution in [2.75, 3.05) is 13.2 Å². The summed E-state index contributed by atoms with van der Waals surface area (Å²) in [6.45, 7) is 3.07. The second-order valence-corrected chi connectivity index (χ2v) is 5.47. The van der Waals surface area contributed by atoms with Gasteiger partial charge in [0, 0.05) is 11.6 Å². The molecular weight excluding hydrogens is 284 g/mol. The van der Waals surface area contributed by atoms with E-state index in [9.17, 15) is 5.11 Å². The van der Waals surface area contributed by atoms with Crippen molar-refractivity contribution in [1.29, 1.82) is 0 Å². The molecule has 2 aliphatic rings. The molecule has 0 amide bonds. The molecule has 1 saturated heterocycles. The van der Waals surface area contributed by atoms with Gasteiger partial charge in [0.1, 0.15) is 18.0 Å². The van der Waals surface area contributed by atoms with Crippen molar-refractivity contribution in [3.8, 4) is 0 Å². The first-order valence-corrected chi connectivity index (χ1v) is 7.78. The molecule has 1 fully saturated rings. The number of aliphatic hydroxyl groups is 1. The fourth-order valence-corrected chi connectivity index (χ4v) is 2.59. The Morgan fingerprint density at radius 1 is 1.23 bits per heavy atom. The van der Waals surface area contributed by atoms with Crippen molar-refractivity contribution in [2.45, 2.75) is 44.6 Å². The molecule has 1 N–H and O–H groups in total. The number of unbranched alkanes of at least 4 members (excludes halogenated alkanes) is 1. The van der Waals surface area contributed by atoms with Crippen LogP contribution < -0.4 is 0 Å². The highest BCUT2D eigenvalue weighted by Crippen LogP contribution is 2.34. The van der Waals surface area contributed by atoms with E-state index in [4.69, 9.17) is 18.9 Å². The minimum absolute atomic E-state index is 0.348. The van der Waals surface area contributed by atoms with Crippen molar-refractivity contribution in [2.24, 2.45) is 0 Å². The first-order chi connectivity index (χ1) is 10.8. The lowest BCUT2D eigenvalue weighted by molar-refractivity contribution is -0.289. The summed E-state index contributed by atoms with van der Waals surface area (Å²) in [7, 11) is 0. The molecule has 5 nitrogen and oxygen atoms in total. The molecule has 0 bridgehead atoms. The highest BCUT2D eigenvalue weighted by atomic mass is 16.7. The third kappa shape index (κ3) is 3.50. The normalized spacial score (nSPS) is 31.3. The Kier molecular flexibility index (Phi) is 5.10. The molecule has 0 aromatic heterocycles. The van der Waals surface area contributed by atoms with Gasteiger partial charge in [0.25, 0.3) is 0 Å². The molecule has 2 heterocycles. The van der Waals surface area contributed by atoms with E-state index in [1.165, 1.54) is 0 Å². The van der Waals surface area contributed by atoms with Gasteiger partial charge in [-0.2, -0.15) is 0 Å². The molecular formula is C17H22O5. The summed E-state index contributed by atoms with van der Waals surface area (Å²) in [5.41, 5.74) is 0.958. The van der Waals surface area contributed by atoms with Crippen LogP contribution in [-0.2, 0) is 18.9 Å². The van der Waals surface area contributed by atoms with Gasteiger partial charge in [-0.05, 0) is 6.42 Å². The average Bonchev–Trinajstić information content (AvgIpc) is 2.55. The lowest BCUT2D eigenvalue weighted by Crippen LogP contribution is -2.48. The van der Waals surface area contributed by atoms with Gasteiger partial charge in [0.05, 0.1) is 13.2 Å². The Bertz CT molecular complexity index is 501. The minimum Gasteiger partial charge on any atom is -0.495 e. The first-order valence-electron chi connectivity index (χ1n) is 7.78. The van der Waals surface area contributed by atoms with Crippen molar-refractivity contribution in [3.63, 3.8) is 0 Å². The van der Waals surface area contributed by atoms with Crippen LogP contribution in [0.3, 0.4) is 0 Å². The SMILES string of the molecule is CCCCOC1=CC(O)OC2COC(c3ccccc3)OC12. The van der Waals surface area contributed by atoms with Crippen LogP contribution in [0.4, 0.5) is 0 Å². The largest absolute Gasteiger partial charge is 0.495 e. The summed E-state index contributed by atoms with van der Waals surface area (Å²) in [4.78, 5) is 0. The topological polar surface area (TPSA) is 57.2 Å². The van der Waals surface area contributed by atoms with Crippen molar-refractivity contribution >= 4 is 0 Å². The van der Waals surface area contributed by atoms with E-state index < -0.39 is 12.6 Å². The van der Waals surface area contributed by atoms with Gasteiger partial charge >= 0.3 is 0 Å². The van der Waals surface area contributed by atoms with Crippen LogP contribution in [-0.4, -0.2) is 36.8 Å². The van der Waals surface area contributed by atoms with Crippen LogP contribution in [0.5, 0.6) is 0 Å². The van der Waals surface area contributed by atoms with Crippen LogP contribution in [0.25, 0.3) is 0 Å². The zero-order valence-electron chi connectivity index (χ0n) is 12.7. The summed E-state index contributed by atoms with van der Waals surface area (Å²) in [5, 5.41) is 9.77. The fraction of sp³-hybridized carbons (Fsp3) is 0.529. The second-order valence-electron chi connectivity index (χ2n) is 5.47. The number of ether oxygens (including phenoxy) is 4. The minimum atomic E-state index is -0.974. The Labute approximate surface area is 130 Å². The monoisotopic (exact) mass is 306 g/mol. The molecule has 22 heavy (non-hydrogen) atoms. The maximum atomic E-state index is 9.77. The fourth-order valence-electron chi connectivity index (χ4n) is 2.59. The number of aliphatic hydroxyl groups excluding tert-OH is 1. The summed E-state index contributed by atoms with van der Waals surface area (Å²) in [6.07, 6.45) is 1.47. The smallest absolute Gasteiger partial charge is 0.184 e. The lowest BCUT2D eigenvalue weighted by Gasteiger charge is -2.40. The predicted molar refractivity (Wildman–Crippen MR) is 79.8 cm³/mol. The lowest BCUT2D eigenvalue weighted by atomic mass is 10.1. The number of hydrogen-bond donors (Lipinski definition) is 1. The third-order valence-electron chi connectivity index (χ3n) is 3.76. The summed E-state index contributed by atoms with van der Waals surface area (Å²) in [6, 6.07) is 9.78. The number of benzene rings is 1. The Morgan fingerprint density at radius 2 is 2.05 bits per heavy atom. The molecule has 1 aromatic rings. The van der Waals surface area contributed by atoms with Gasteiger partial charge in [-0.25, -0.2) is 0 Å². The summed E-state index contributed by atoms with van der Waals surface area (Å²) >= 11 is 0. The Morgan fingerprint density at radius 3 is 2.82 bits per heavy atom. The molecule has 0 aliphatic carbocycles. The molecule has 120 valence electrons. The van der Waals surface area contributed by atoms with Crippen LogP contribution in [0, 0.1) is 0 Å². The molecule has 2 aliphatic heterocycles. The van der Waals surface area contributed by atoms with Crippen molar-refractivity contribution in [3.05, 3.63) is 47.7 Å². The van der Waals surface area contributed by atoms with E-state index in [1.54, 1.807) is 6.08 Å². The van der Waals surface area contributed by atoms with Gasteiger partial charge in [0.15, 0.2) is 12.6 Å². The van der Waals surface area contributed by atoms with Crippen LogP contribution in [0.1, 0.15) is 31.6 Å². The number of hydrogen-bond acceptors (Lipinski definition) is 5. The Hall–Kier alpha value is -1.40. The molecule has 3 rings (SSSR count). The zero-order chi connectivity index (χ0) is 15.4. The van der Waals surface area contributed by atoms with Gasteiger partial charge in [0.2, 0.25) is 0 Å². The third-order valence-corrected chi connectivity index (χ3v) is 3.76. The maximum Gasteiger partial charge on any atom is 0.184 e. The molecule has 4 atom stereocenters. The van der Waals surface area contributed by atoms with Crippen LogP contribution in [0.15, 0.2) is 42.2 Å². The van der Waals surface area contributed by atoms with E-state index in [1.807, 2.05) is 30.3 Å². The second kappa shape index (κ2) is 7.24. The van der Waals surface area contributed by atoms with E-state index in [0.29, 0.717) is 19.0 Å². The van der Waals surface area contributed by atoms with Crippen LogP contribution >= 0.6 is 0 Å². The standard InChI is InChI=1S/C17H22O5/c1-2-3-9-19-13-10-15(18)21-14-11-20-17(22-16(13)14)12-7-5-4-6-8-12/h4-8,10,14-18H,2-3,9,11H2,1H3. The predicted octanol–water partition coefficient (Wildman–Crippen LogP) is 2.52. The van der Waals surface area contributed by atoms with Crippen molar-refractivity contribution < 1.29 is 24.1 Å². The highest BCUT2D eigenvalue weighted by Gasteiger charge is 2.40. The number of rotatable bonds is 5. The molecule has 0 saturated carbocycles. The number of fused-ring (bicyclic) bond motifs is 1. The molecule has 1 aromatic carbocycles. The van der Waals surface area contributed by atoms with Gasteiger partial charge < -0.3 is 24.1 Å². The van der Waals surface area contributed by atoms with E-state index in [0.717, 1.165) is 18.4 Å². The Balaban J connectivity index is 1.72. The first kappa shape index (κ1) is 15.5. The highest BCUT2D eigenvalue weighted by molar-refractivity contribution is 5.18. The van der Waals surface area contributed by atoms with Crippen LogP contribution in [0.2, 0.25) is 0 Å². The molecule has 0 radical (unpaired) electrons. The molecule has 0 spiro atoms. The van der Waals surface area contributed by atoms with E-state index in [-0.39, 0.29) is 12.2 Å². The molecule has 4 unspecified atom stereocenters. The van der Waals surface area contributed by atoms with E-state index in [2.05, 4.69) is 6.92 Å². The quantitative estimate of drug-likeness (QED) is 0.847. The molecule has 5 heteroatoms. The summed E-state index contributed by atoms with van der Waals surface area (Å²) in [5.74, 6) is 0.640. The summed E-state index contributed by atoms with van der Waals surface area (Å²) < 4.78 is 23.0.